The molecule has 25 heavy (non-hydrogen) atoms. The van der Waals surface area contributed by atoms with E-state index in [1.54, 1.807) is 17.2 Å². The highest BCUT2D eigenvalue weighted by Crippen LogP contribution is 2.26. The first kappa shape index (κ1) is 17.3. The lowest BCUT2D eigenvalue weighted by Crippen LogP contribution is -2.43. The van der Waals surface area contributed by atoms with Gasteiger partial charge in [0.15, 0.2) is 0 Å². The van der Waals surface area contributed by atoms with Crippen molar-refractivity contribution in [3.8, 4) is 0 Å². The van der Waals surface area contributed by atoms with E-state index >= 15 is 0 Å². The van der Waals surface area contributed by atoms with Gasteiger partial charge in [0.25, 0.3) is 5.91 Å². The minimum absolute atomic E-state index is 0.133. The summed E-state index contributed by atoms with van der Waals surface area (Å²) in [7, 11) is 3.85. The highest BCUT2D eigenvalue weighted by Gasteiger charge is 2.34. The lowest BCUT2D eigenvalue weighted by Gasteiger charge is -2.33. The number of hydrogen-bond acceptors (Lipinski definition) is 7. The monoisotopic (exact) mass is 345 g/mol. The van der Waals surface area contributed by atoms with Crippen LogP contribution in [0.5, 0.6) is 0 Å². The molecule has 1 fully saturated rings. The van der Waals surface area contributed by atoms with Crippen LogP contribution in [-0.2, 0) is 4.74 Å². The number of rotatable bonds is 4. The molecular formula is C17H23N5O3. The largest absolute Gasteiger partial charge is 0.423 e. The Morgan fingerprint density at radius 1 is 1.36 bits per heavy atom. The number of aromatic nitrogens is 3. The Hall–Kier alpha value is -2.48. The normalized spacial score (nSPS) is 17.8. The smallest absolute Gasteiger partial charge is 0.273 e. The van der Waals surface area contributed by atoms with Gasteiger partial charge in [0.2, 0.25) is 11.8 Å². The first-order chi connectivity index (χ1) is 12.0. The molecule has 8 nitrogen and oxygen atoms in total. The topological polar surface area (TPSA) is 84.6 Å². The van der Waals surface area contributed by atoms with Gasteiger partial charge in [-0.25, -0.2) is 0 Å². The molecule has 1 aliphatic heterocycles. The van der Waals surface area contributed by atoms with E-state index in [1.807, 2.05) is 38.9 Å². The standard InChI is InChI=1S/C17H23N5O3/c1-11(2)15-19-20-16(25-15)14-10-24-8-7-22(14)17(23)13-9-12(21(3)4)5-6-18-13/h5-6,9,11,14H,7-8,10H2,1-4H3. The molecule has 0 bridgehead atoms. The van der Waals surface area contributed by atoms with Crippen molar-refractivity contribution in [3.05, 3.63) is 35.8 Å². The van der Waals surface area contributed by atoms with Gasteiger partial charge in [0.05, 0.1) is 13.2 Å². The van der Waals surface area contributed by atoms with Crippen LogP contribution in [-0.4, -0.2) is 59.8 Å². The highest BCUT2D eigenvalue weighted by atomic mass is 16.5. The molecule has 3 heterocycles. The molecule has 0 saturated carbocycles. The van der Waals surface area contributed by atoms with E-state index in [4.69, 9.17) is 9.15 Å². The van der Waals surface area contributed by atoms with Crippen LogP contribution in [0.4, 0.5) is 5.69 Å². The van der Waals surface area contributed by atoms with Crippen LogP contribution in [0.15, 0.2) is 22.7 Å². The summed E-state index contributed by atoms with van der Waals surface area (Å²) < 4.78 is 11.3. The number of anilines is 1. The van der Waals surface area contributed by atoms with Crippen molar-refractivity contribution in [2.24, 2.45) is 0 Å². The average Bonchev–Trinajstić information content (AvgIpc) is 3.11. The molecular weight excluding hydrogens is 322 g/mol. The van der Waals surface area contributed by atoms with Crippen molar-refractivity contribution in [2.75, 3.05) is 38.8 Å². The Kier molecular flexibility index (Phi) is 4.98. The molecule has 134 valence electrons. The molecule has 0 N–H and O–H groups in total. The van der Waals surface area contributed by atoms with Crippen LogP contribution >= 0.6 is 0 Å². The minimum Gasteiger partial charge on any atom is -0.423 e. The molecule has 0 spiro atoms. The summed E-state index contributed by atoms with van der Waals surface area (Å²) in [5.41, 5.74) is 1.31. The van der Waals surface area contributed by atoms with E-state index in [1.165, 1.54) is 0 Å². The summed E-state index contributed by atoms with van der Waals surface area (Å²) in [6.07, 6.45) is 1.64. The summed E-state index contributed by atoms with van der Waals surface area (Å²) in [6, 6.07) is 3.24. The predicted octanol–water partition coefficient (Wildman–Crippen LogP) is 1.87. The van der Waals surface area contributed by atoms with Crippen molar-refractivity contribution in [3.63, 3.8) is 0 Å². The van der Waals surface area contributed by atoms with Gasteiger partial charge in [0, 0.05) is 38.4 Å². The zero-order valence-corrected chi connectivity index (χ0v) is 15.0. The number of nitrogens with zero attached hydrogens (tertiary/aromatic N) is 5. The van der Waals surface area contributed by atoms with Gasteiger partial charge >= 0.3 is 0 Å². The average molecular weight is 345 g/mol. The highest BCUT2D eigenvalue weighted by molar-refractivity contribution is 5.93. The Morgan fingerprint density at radius 3 is 2.84 bits per heavy atom. The fraction of sp³-hybridized carbons (Fsp3) is 0.529. The van der Waals surface area contributed by atoms with Crippen LogP contribution in [0.2, 0.25) is 0 Å². The fourth-order valence-electron chi connectivity index (χ4n) is 2.63. The first-order valence-electron chi connectivity index (χ1n) is 8.32. The molecule has 2 aromatic heterocycles. The van der Waals surface area contributed by atoms with Crippen molar-refractivity contribution >= 4 is 11.6 Å². The van der Waals surface area contributed by atoms with E-state index < -0.39 is 6.04 Å². The number of carbonyl (C=O) groups excluding carboxylic acids is 1. The van der Waals surface area contributed by atoms with Crippen molar-refractivity contribution < 1.29 is 13.9 Å². The number of ether oxygens (including phenoxy) is 1. The van der Waals surface area contributed by atoms with Gasteiger partial charge in [-0.1, -0.05) is 13.8 Å². The summed E-state index contributed by atoms with van der Waals surface area (Å²) in [5, 5.41) is 8.18. The van der Waals surface area contributed by atoms with Crippen LogP contribution < -0.4 is 4.90 Å². The van der Waals surface area contributed by atoms with E-state index in [0.29, 0.717) is 37.2 Å². The van der Waals surface area contributed by atoms with Gasteiger partial charge in [-0.05, 0) is 12.1 Å². The van der Waals surface area contributed by atoms with E-state index in [9.17, 15) is 4.79 Å². The summed E-state index contributed by atoms with van der Waals surface area (Å²) in [5.74, 6) is 0.927. The summed E-state index contributed by atoms with van der Waals surface area (Å²) in [6.45, 7) is 5.22. The van der Waals surface area contributed by atoms with Gasteiger partial charge in [0.1, 0.15) is 11.7 Å². The Bertz CT molecular complexity index is 743. The second kappa shape index (κ2) is 7.18. The third-order valence-corrected chi connectivity index (χ3v) is 4.10. The summed E-state index contributed by atoms with van der Waals surface area (Å²) in [4.78, 5) is 20.9. The molecule has 3 rings (SSSR count). The zero-order valence-electron chi connectivity index (χ0n) is 15.0. The third-order valence-electron chi connectivity index (χ3n) is 4.10. The molecule has 0 aliphatic carbocycles. The lowest BCUT2D eigenvalue weighted by atomic mass is 10.2. The molecule has 2 aromatic rings. The molecule has 0 aromatic carbocycles. The van der Waals surface area contributed by atoms with E-state index in [0.717, 1.165) is 5.69 Å². The molecule has 8 heteroatoms. The minimum atomic E-state index is -0.397. The quantitative estimate of drug-likeness (QED) is 0.836. The molecule has 1 aliphatic rings. The van der Waals surface area contributed by atoms with Gasteiger partial charge in [-0.2, -0.15) is 0 Å². The lowest BCUT2D eigenvalue weighted by molar-refractivity contribution is -0.0110. The fourth-order valence-corrected chi connectivity index (χ4v) is 2.63. The Morgan fingerprint density at radius 2 is 2.16 bits per heavy atom. The van der Waals surface area contributed by atoms with Crippen LogP contribution in [0, 0.1) is 0 Å². The first-order valence-corrected chi connectivity index (χ1v) is 8.32. The predicted molar refractivity (Wildman–Crippen MR) is 91.5 cm³/mol. The Balaban J connectivity index is 1.87. The Labute approximate surface area is 146 Å². The van der Waals surface area contributed by atoms with Crippen LogP contribution in [0.1, 0.15) is 48.1 Å². The second-order valence-corrected chi connectivity index (χ2v) is 6.52. The maximum atomic E-state index is 13.0. The summed E-state index contributed by atoms with van der Waals surface area (Å²) >= 11 is 0. The van der Waals surface area contributed by atoms with Crippen LogP contribution in [0.25, 0.3) is 0 Å². The number of morpholine rings is 1. The molecule has 1 saturated heterocycles. The van der Waals surface area contributed by atoms with Crippen LogP contribution in [0.3, 0.4) is 0 Å². The number of amides is 1. The molecule has 1 atom stereocenters. The number of hydrogen-bond donors (Lipinski definition) is 0. The van der Waals surface area contributed by atoms with Gasteiger partial charge in [-0.3, -0.25) is 9.78 Å². The van der Waals surface area contributed by atoms with Gasteiger partial charge < -0.3 is 19.0 Å². The molecule has 1 unspecified atom stereocenters. The van der Waals surface area contributed by atoms with Crippen molar-refractivity contribution in [1.82, 2.24) is 20.1 Å². The van der Waals surface area contributed by atoms with Crippen molar-refractivity contribution in [2.45, 2.75) is 25.8 Å². The zero-order chi connectivity index (χ0) is 18.0. The van der Waals surface area contributed by atoms with E-state index in [2.05, 4.69) is 15.2 Å². The third kappa shape index (κ3) is 3.63. The number of carbonyl (C=O) groups is 1. The maximum absolute atomic E-state index is 13.0. The van der Waals surface area contributed by atoms with Gasteiger partial charge in [-0.15, -0.1) is 10.2 Å². The number of pyridine rings is 1. The second-order valence-electron chi connectivity index (χ2n) is 6.52. The maximum Gasteiger partial charge on any atom is 0.273 e. The molecule has 0 radical (unpaired) electrons. The SMILES string of the molecule is CC(C)c1nnc(C2COCCN2C(=O)c2cc(N(C)C)ccn2)o1. The molecule has 1 amide bonds. The van der Waals surface area contributed by atoms with Crippen molar-refractivity contribution in [1.29, 1.82) is 0 Å². The van der Waals surface area contributed by atoms with E-state index in [-0.39, 0.29) is 11.8 Å².